The van der Waals surface area contributed by atoms with Gasteiger partial charge in [0.15, 0.2) is 11.6 Å². The zero-order valence-electron chi connectivity index (χ0n) is 12.8. The van der Waals surface area contributed by atoms with E-state index in [1.807, 2.05) is 0 Å². The SMILES string of the molecule is COc1ccc(C(=O)Nc2ccc(F)c(F)c2)cc1NS(C)(=O)=O. The molecule has 0 unspecified atom stereocenters. The minimum atomic E-state index is -3.57. The smallest absolute Gasteiger partial charge is 0.255 e. The standard InChI is InChI=1S/C15H14F2N2O4S/c1-23-14-6-3-9(7-13(14)19-24(2,21)22)15(20)18-10-4-5-11(16)12(17)8-10/h3-8,19H,1-2H3,(H,18,20). The molecule has 0 heterocycles. The van der Waals surface area contributed by atoms with Crippen LogP contribution in [-0.2, 0) is 10.0 Å². The lowest BCUT2D eigenvalue weighted by atomic mass is 10.1. The minimum absolute atomic E-state index is 0.0624. The monoisotopic (exact) mass is 356 g/mol. The van der Waals surface area contributed by atoms with Crippen LogP contribution in [0.5, 0.6) is 5.75 Å². The van der Waals surface area contributed by atoms with Crippen LogP contribution in [0.25, 0.3) is 0 Å². The zero-order chi connectivity index (χ0) is 17.9. The number of ether oxygens (including phenoxy) is 1. The van der Waals surface area contributed by atoms with Crippen LogP contribution < -0.4 is 14.8 Å². The number of methoxy groups -OCH3 is 1. The number of carbonyl (C=O) groups excluding carboxylic acids is 1. The van der Waals surface area contributed by atoms with E-state index in [-0.39, 0.29) is 22.7 Å². The van der Waals surface area contributed by atoms with E-state index in [1.54, 1.807) is 0 Å². The summed E-state index contributed by atoms with van der Waals surface area (Å²) in [7, 11) is -2.22. The molecule has 0 spiro atoms. The van der Waals surface area contributed by atoms with Crippen LogP contribution >= 0.6 is 0 Å². The maximum absolute atomic E-state index is 13.2. The molecule has 0 aromatic heterocycles. The summed E-state index contributed by atoms with van der Waals surface area (Å²) in [5.41, 5.74) is 0.247. The number of halogens is 2. The molecule has 0 saturated heterocycles. The average molecular weight is 356 g/mol. The van der Waals surface area contributed by atoms with Crippen molar-refractivity contribution in [3.8, 4) is 5.75 Å². The Bertz CT molecular complexity index is 885. The fraction of sp³-hybridized carbons (Fsp3) is 0.133. The predicted molar refractivity (Wildman–Crippen MR) is 85.8 cm³/mol. The molecular weight excluding hydrogens is 342 g/mol. The highest BCUT2D eigenvalue weighted by Crippen LogP contribution is 2.26. The molecule has 0 saturated carbocycles. The lowest BCUT2D eigenvalue weighted by Crippen LogP contribution is -2.14. The molecule has 2 aromatic rings. The fourth-order valence-electron chi connectivity index (χ4n) is 1.91. The van der Waals surface area contributed by atoms with Crippen LogP contribution in [0.1, 0.15) is 10.4 Å². The maximum atomic E-state index is 13.2. The van der Waals surface area contributed by atoms with Crippen LogP contribution in [0.4, 0.5) is 20.2 Å². The molecule has 2 N–H and O–H groups in total. The van der Waals surface area contributed by atoms with E-state index in [9.17, 15) is 22.0 Å². The zero-order valence-corrected chi connectivity index (χ0v) is 13.6. The largest absolute Gasteiger partial charge is 0.495 e. The normalized spacial score (nSPS) is 11.0. The summed E-state index contributed by atoms with van der Waals surface area (Å²) < 4.78 is 56.0. The highest BCUT2D eigenvalue weighted by molar-refractivity contribution is 7.92. The van der Waals surface area contributed by atoms with E-state index < -0.39 is 27.6 Å². The number of amides is 1. The average Bonchev–Trinajstić information content (AvgIpc) is 2.49. The Morgan fingerprint density at radius 3 is 2.38 bits per heavy atom. The second-order valence-electron chi connectivity index (χ2n) is 4.87. The molecule has 2 aromatic carbocycles. The van der Waals surface area contributed by atoms with Crippen molar-refractivity contribution in [3.05, 3.63) is 53.6 Å². The number of sulfonamides is 1. The van der Waals surface area contributed by atoms with Crippen molar-refractivity contribution < 1.29 is 26.7 Å². The Kier molecular flexibility index (Phi) is 5.03. The van der Waals surface area contributed by atoms with Crippen molar-refractivity contribution in [3.63, 3.8) is 0 Å². The molecule has 1 amide bonds. The van der Waals surface area contributed by atoms with Crippen LogP contribution in [0.3, 0.4) is 0 Å². The molecule has 0 aliphatic heterocycles. The van der Waals surface area contributed by atoms with Gasteiger partial charge in [-0.25, -0.2) is 17.2 Å². The van der Waals surface area contributed by atoms with Gasteiger partial charge in [0.1, 0.15) is 5.75 Å². The van der Waals surface area contributed by atoms with E-state index in [2.05, 4.69) is 10.0 Å². The molecule has 0 aliphatic rings. The molecule has 0 fully saturated rings. The molecule has 2 rings (SSSR count). The van der Waals surface area contributed by atoms with Gasteiger partial charge in [0.25, 0.3) is 5.91 Å². The third-order valence-corrected chi connectivity index (χ3v) is 3.53. The number of hydrogen-bond donors (Lipinski definition) is 2. The Hall–Kier alpha value is -2.68. The lowest BCUT2D eigenvalue weighted by molar-refractivity contribution is 0.102. The summed E-state index contributed by atoms with van der Waals surface area (Å²) in [6.07, 6.45) is 0.959. The minimum Gasteiger partial charge on any atom is -0.495 e. The number of rotatable bonds is 5. The summed E-state index contributed by atoms with van der Waals surface area (Å²) in [5, 5.41) is 2.39. The highest BCUT2D eigenvalue weighted by atomic mass is 32.2. The van der Waals surface area contributed by atoms with Crippen LogP contribution in [0, 0.1) is 11.6 Å². The van der Waals surface area contributed by atoms with Gasteiger partial charge in [-0.05, 0) is 30.3 Å². The molecule has 0 aliphatic carbocycles. The molecule has 9 heteroatoms. The number of carbonyl (C=O) groups is 1. The Morgan fingerprint density at radius 2 is 1.79 bits per heavy atom. The molecular formula is C15H14F2N2O4S. The van der Waals surface area contributed by atoms with Crippen LogP contribution in [0.15, 0.2) is 36.4 Å². The fourth-order valence-corrected chi connectivity index (χ4v) is 2.46. The van der Waals surface area contributed by atoms with Gasteiger partial charge in [-0.1, -0.05) is 0 Å². The molecule has 0 radical (unpaired) electrons. The van der Waals surface area contributed by atoms with Gasteiger partial charge in [-0.2, -0.15) is 0 Å². The number of anilines is 2. The Labute approximate surface area is 137 Å². The topological polar surface area (TPSA) is 84.5 Å². The quantitative estimate of drug-likeness (QED) is 0.862. The molecule has 6 nitrogen and oxygen atoms in total. The van der Waals surface area contributed by atoms with E-state index in [4.69, 9.17) is 4.74 Å². The van der Waals surface area contributed by atoms with Gasteiger partial charge in [-0.3, -0.25) is 9.52 Å². The highest BCUT2D eigenvalue weighted by Gasteiger charge is 2.14. The first-order chi connectivity index (χ1) is 11.2. The second kappa shape index (κ2) is 6.83. The lowest BCUT2D eigenvalue weighted by Gasteiger charge is -2.12. The third kappa shape index (κ3) is 4.42. The van der Waals surface area contributed by atoms with Crippen molar-refractivity contribution in [2.75, 3.05) is 23.4 Å². The van der Waals surface area contributed by atoms with E-state index >= 15 is 0 Å². The van der Waals surface area contributed by atoms with Crippen molar-refractivity contribution in [2.24, 2.45) is 0 Å². The number of benzene rings is 2. The van der Waals surface area contributed by atoms with Gasteiger partial charge in [0.2, 0.25) is 10.0 Å². The van der Waals surface area contributed by atoms with E-state index in [0.717, 1.165) is 18.4 Å². The molecule has 0 bridgehead atoms. The molecule has 24 heavy (non-hydrogen) atoms. The van der Waals surface area contributed by atoms with Crippen molar-refractivity contribution in [1.82, 2.24) is 0 Å². The summed E-state index contributed by atoms with van der Waals surface area (Å²) in [4.78, 5) is 12.2. The molecule has 128 valence electrons. The summed E-state index contributed by atoms with van der Waals surface area (Å²) in [6.45, 7) is 0. The first-order valence-corrected chi connectivity index (χ1v) is 8.51. The van der Waals surface area contributed by atoms with Crippen molar-refractivity contribution >= 4 is 27.3 Å². The second-order valence-corrected chi connectivity index (χ2v) is 6.62. The first-order valence-electron chi connectivity index (χ1n) is 6.62. The number of nitrogens with one attached hydrogen (secondary N) is 2. The third-order valence-electron chi connectivity index (χ3n) is 2.93. The van der Waals surface area contributed by atoms with Crippen LogP contribution in [-0.4, -0.2) is 27.7 Å². The Balaban J connectivity index is 2.28. The summed E-state index contributed by atoms with van der Waals surface area (Å²) in [6, 6.07) is 7.02. The van der Waals surface area contributed by atoms with Gasteiger partial charge in [-0.15, -0.1) is 0 Å². The van der Waals surface area contributed by atoms with Crippen molar-refractivity contribution in [1.29, 1.82) is 0 Å². The Morgan fingerprint density at radius 1 is 1.08 bits per heavy atom. The number of hydrogen-bond acceptors (Lipinski definition) is 4. The van der Waals surface area contributed by atoms with Gasteiger partial charge >= 0.3 is 0 Å². The summed E-state index contributed by atoms with van der Waals surface area (Å²) >= 11 is 0. The van der Waals surface area contributed by atoms with Crippen LogP contribution in [0.2, 0.25) is 0 Å². The predicted octanol–water partition coefficient (Wildman–Crippen LogP) is 2.60. The van der Waals surface area contributed by atoms with Gasteiger partial charge in [0.05, 0.1) is 19.1 Å². The summed E-state index contributed by atoms with van der Waals surface area (Å²) in [5.74, 6) is -2.52. The van der Waals surface area contributed by atoms with Crippen molar-refractivity contribution in [2.45, 2.75) is 0 Å². The maximum Gasteiger partial charge on any atom is 0.255 e. The van der Waals surface area contributed by atoms with E-state index in [0.29, 0.717) is 0 Å². The first kappa shape index (κ1) is 17.7. The van der Waals surface area contributed by atoms with Gasteiger partial charge < -0.3 is 10.1 Å². The molecule has 0 atom stereocenters. The van der Waals surface area contributed by atoms with Gasteiger partial charge in [0, 0.05) is 17.3 Å². The van der Waals surface area contributed by atoms with E-state index in [1.165, 1.54) is 31.4 Å².